The Morgan fingerprint density at radius 1 is 0.376 bits per heavy atom. The normalized spacial score (nSPS) is 9.67. The van der Waals surface area contributed by atoms with Crippen LogP contribution in [0.5, 0.6) is 0 Å². The zero-order chi connectivity index (χ0) is 78.6. The third kappa shape index (κ3) is 356. The Hall–Kier alpha value is -4.87. The molecule has 5 atom stereocenters. The number of Topliss-reactive ketones (excluding diaryl/α,β-unsaturated/α-hetero) is 6. The third-order valence-corrected chi connectivity index (χ3v) is 6.22. The van der Waals surface area contributed by atoms with Gasteiger partial charge in [0.15, 0.2) is 23.1 Å². The molecule has 574 valence electrons. The molecule has 5 amide bonds. The predicted octanol–water partition coefficient (Wildman–Crippen LogP) is 12.9. The average Bonchev–Trinajstić information content (AvgIpc) is 3.43. The fraction of sp³-hybridized carbons (Fsp3) is 0.845. The van der Waals surface area contributed by atoms with E-state index in [2.05, 4.69) is 151 Å². The van der Waals surface area contributed by atoms with E-state index in [0.717, 1.165) is 13.0 Å². The lowest BCUT2D eigenvalue weighted by atomic mass is 10.1. The highest BCUT2D eigenvalue weighted by molar-refractivity contribution is 6.35. The standard InChI is InChI=1S/C7H15NO3.C7H13NO3.C5H11NO2.C5H11NO.C5H10O2.C4H8O2.C4H6O2.C3H7NO.C3H6O.9C3H8.CH4/c2*1-3-6(10)4-8-7(11)5(2)9;1-4(7)3-6-5(2)8;1-3-4-6-5(2)7;1-4(6)5(2,3)7;2*1-3(5)4(2)6;1-3(5)4-2;1-3(2)4;9*1-3-2;/h5-6,9-10H,3-4H2,1-2H3,(H,8,11);6,10H,3-4H2,1-2H3,(H,8,11);4,7H,3H2,1-2H3,(H,6,8);3-4H2,1-2H3,(H,6,7);7H,1-3H3;3,5H,1-2H3;1-2H3;1-2H3,(H,4,5);1-2H3;9*3H2,1-2H3;1H4. The summed E-state index contributed by atoms with van der Waals surface area (Å²) in [6, 6.07) is 0. The van der Waals surface area contributed by atoms with Crippen molar-refractivity contribution in [1.29, 1.82) is 0 Å². The van der Waals surface area contributed by atoms with E-state index in [1.54, 1.807) is 20.9 Å². The summed E-state index contributed by atoms with van der Waals surface area (Å²) in [5.41, 5.74) is -1.14. The van der Waals surface area contributed by atoms with Crippen molar-refractivity contribution in [3.8, 4) is 0 Å². The van der Waals surface area contributed by atoms with Crippen LogP contribution in [-0.2, 0) is 52.7 Å². The van der Waals surface area contributed by atoms with E-state index in [1.807, 2.05) is 13.8 Å². The Morgan fingerprint density at radius 3 is 0.688 bits per heavy atom. The molecule has 0 fully saturated rings. The van der Waals surface area contributed by atoms with Crippen LogP contribution in [0.25, 0.3) is 0 Å². The van der Waals surface area contributed by atoms with Crippen LogP contribution in [0.3, 0.4) is 0 Å². The Labute approximate surface area is 575 Å². The van der Waals surface area contributed by atoms with Crippen molar-refractivity contribution in [3.05, 3.63) is 0 Å². The van der Waals surface area contributed by atoms with Gasteiger partial charge in [0.05, 0.1) is 18.3 Å². The second kappa shape index (κ2) is 131. The van der Waals surface area contributed by atoms with Crippen LogP contribution in [0.1, 0.15) is 334 Å². The van der Waals surface area contributed by atoms with Gasteiger partial charge in [-0.2, -0.15) is 0 Å². The smallest absolute Gasteiger partial charge is 0.287 e. The summed E-state index contributed by atoms with van der Waals surface area (Å²) in [4.78, 5) is 111. The Bertz CT molecular complexity index is 1450. The minimum Gasteiger partial charge on any atom is -0.392 e. The van der Waals surface area contributed by atoms with Gasteiger partial charge in [-0.15, -0.1) is 0 Å². The molecule has 0 bridgehead atoms. The van der Waals surface area contributed by atoms with Crippen LogP contribution < -0.4 is 26.6 Å². The molecule has 0 saturated heterocycles. The fourth-order valence-electron chi connectivity index (χ4n) is 1.58. The van der Waals surface area contributed by atoms with Crippen molar-refractivity contribution in [2.45, 2.75) is 370 Å². The maximum atomic E-state index is 10.7. The number of nitrogens with one attached hydrogen (secondary N) is 5. The molecule has 0 aromatic rings. The van der Waals surface area contributed by atoms with E-state index in [1.165, 1.54) is 155 Å². The molecule has 5 unspecified atom stereocenters. The molecule has 22 heteroatoms. The summed E-state index contributed by atoms with van der Waals surface area (Å²) in [6.45, 7) is 66.6. The highest BCUT2D eigenvalue weighted by atomic mass is 16.3. The molecular weight excluding hydrogens is 1190 g/mol. The summed E-state index contributed by atoms with van der Waals surface area (Å²) < 4.78 is 0. The van der Waals surface area contributed by atoms with Crippen LogP contribution >= 0.6 is 0 Å². The predicted molar refractivity (Wildman–Crippen MR) is 398 cm³/mol. The molecule has 93 heavy (non-hydrogen) atoms. The first-order chi connectivity index (χ1) is 42.0. The Morgan fingerprint density at radius 2 is 0.591 bits per heavy atom. The maximum absolute atomic E-state index is 10.7. The lowest BCUT2D eigenvalue weighted by molar-refractivity contribution is -0.136. The molecule has 0 rings (SSSR count). The first-order valence-electron chi connectivity index (χ1n) is 33.4. The number of rotatable bonds is 15. The Balaban J connectivity index is -0.0000000374. The van der Waals surface area contributed by atoms with E-state index in [9.17, 15) is 52.7 Å². The number of aliphatic hydroxyl groups is 6. The van der Waals surface area contributed by atoms with Gasteiger partial charge in [0.2, 0.25) is 29.4 Å². The van der Waals surface area contributed by atoms with Crippen molar-refractivity contribution >= 4 is 64.2 Å². The molecule has 0 aromatic carbocycles. The largest absolute Gasteiger partial charge is 0.392 e. The van der Waals surface area contributed by atoms with Crippen LogP contribution in [0.4, 0.5) is 0 Å². The lowest BCUT2D eigenvalue weighted by Crippen LogP contribution is -2.37. The quantitative estimate of drug-likeness (QED) is 0.0679. The zero-order valence-corrected chi connectivity index (χ0v) is 66.9. The second-order valence-corrected chi connectivity index (χ2v) is 20.7. The van der Waals surface area contributed by atoms with Gasteiger partial charge in [0.25, 0.3) is 5.91 Å². The number of amides is 5. The summed E-state index contributed by atoms with van der Waals surface area (Å²) in [5.74, 6) is -2.64. The first kappa shape index (κ1) is 140. The van der Waals surface area contributed by atoms with Gasteiger partial charge in [0.1, 0.15) is 23.6 Å². The van der Waals surface area contributed by atoms with Crippen LogP contribution in [0, 0.1) is 0 Å². The fourth-order valence-corrected chi connectivity index (χ4v) is 1.58. The molecular formula is C71H163N5O17. The van der Waals surface area contributed by atoms with Crippen molar-refractivity contribution < 1.29 is 83.4 Å². The number of hydrogen-bond acceptors (Lipinski definition) is 17. The molecule has 0 aliphatic heterocycles. The van der Waals surface area contributed by atoms with Crippen LogP contribution in [0.15, 0.2) is 0 Å². The summed E-state index contributed by atoms with van der Waals surface area (Å²) in [5, 5.41) is 64.5. The summed E-state index contributed by atoms with van der Waals surface area (Å²) in [7, 11) is 1.60. The SMILES string of the molecule is C.CC(=O)C(C)(C)O.CC(=O)C(C)=O.CC(=O)C(C)O.CC(=O)NCC(C)O.CC(C)=O.CCC.CCC.CCC.CCC.CCC.CCC.CCC.CCC.CCC.CCC(O)CNC(=O)C(C)=O.CCC(O)CNC(=O)C(C)O.CCCNC(C)=O.CNC(C)=O. The monoisotopic (exact) mass is 1360 g/mol. The molecule has 0 heterocycles. The number of aliphatic hydroxyl groups excluding tert-OH is 5. The van der Waals surface area contributed by atoms with Crippen molar-refractivity contribution in [3.63, 3.8) is 0 Å². The highest BCUT2D eigenvalue weighted by Crippen LogP contribution is 1.99. The van der Waals surface area contributed by atoms with Gasteiger partial charge in [-0.25, -0.2) is 0 Å². The van der Waals surface area contributed by atoms with Crippen LogP contribution in [-0.4, -0.2) is 164 Å². The zero-order valence-electron chi connectivity index (χ0n) is 66.9. The van der Waals surface area contributed by atoms with Gasteiger partial charge in [-0.3, -0.25) is 47.9 Å². The summed E-state index contributed by atoms with van der Waals surface area (Å²) in [6.07, 6.45) is 10.1. The van der Waals surface area contributed by atoms with Crippen molar-refractivity contribution in [2.24, 2.45) is 0 Å². The number of carbonyl (C=O) groups is 11. The molecule has 22 nitrogen and oxygen atoms in total. The van der Waals surface area contributed by atoms with Gasteiger partial charge in [-0.1, -0.05) is 211 Å². The first-order valence-corrected chi connectivity index (χ1v) is 33.4. The summed E-state index contributed by atoms with van der Waals surface area (Å²) >= 11 is 0. The van der Waals surface area contributed by atoms with Gasteiger partial charge in [-0.05, 0) is 81.6 Å². The van der Waals surface area contributed by atoms with Gasteiger partial charge in [0, 0.05) is 74.8 Å². The average molecular weight is 1360 g/mol. The second-order valence-electron chi connectivity index (χ2n) is 20.7. The molecule has 0 saturated carbocycles. The molecule has 0 aliphatic rings. The van der Waals surface area contributed by atoms with E-state index in [0.29, 0.717) is 19.4 Å². The molecule has 0 radical (unpaired) electrons. The maximum Gasteiger partial charge on any atom is 0.287 e. The number of hydrogen-bond donors (Lipinski definition) is 11. The topological polar surface area (TPSA) is 369 Å². The molecule has 11 N–H and O–H groups in total. The molecule has 0 aliphatic carbocycles. The van der Waals surface area contributed by atoms with Crippen molar-refractivity contribution in [2.75, 3.05) is 33.2 Å². The Kier molecular flexibility index (Phi) is 198. The molecule has 0 aromatic heterocycles. The van der Waals surface area contributed by atoms with E-state index in [4.69, 9.17) is 30.6 Å². The third-order valence-electron chi connectivity index (χ3n) is 6.22. The molecule has 0 spiro atoms. The van der Waals surface area contributed by atoms with Gasteiger partial charge < -0.3 is 62.0 Å². The minimum atomic E-state index is -1.14. The number of carbonyl (C=O) groups excluding carboxylic acids is 11. The van der Waals surface area contributed by atoms with Gasteiger partial charge >= 0.3 is 0 Å². The highest BCUT2D eigenvalue weighted by Gasteiger charge is 2.17. The van der Waals surface area contributed by atoms with Crippen molar-refractivity contribution in [1.82, 2.24) is 26.6 Å². The number of ketones is 6. The van der Waals surface area contributed by atoms with Crippen LogP contribution in [0.2, 0.25) is 0 Å². The van der Waals surface area contributed by atoms with E-state index in [-0.39, 0.29) is 67.2 Å². The van der Waals surface area contributed by atoms with E-state index >= 15 is 0 Å². The lowest BCUT2D eigenvalue weighted by Gasteiger charge is -2.10. The minimum absolute atomic E-state index is 0. The van der Waals surface area contributed by atoms with E-state index < -0.39 is 53.7 Å².